The van der Waals surface area contributed by atoms with Gasteiger partial charge in [-0.25, -0.2) is 9.59 Å². The van der Waals surface area contributed by atoms with Crippen LogP contribution in [0.25, 0.3) is 0 Å². The Kier molecular flexibility index (Phi) is 13.2. The lowest BCUT2D eigenvalue weighted by atomic mass is 9.91. The summed E-state index contributed by atoms with van der Waals surface area (Å²) in [5, 5.41) is 5.68. The van der Waals surface area contributed by atoms with Crippen molar-refractivity contribution >= 4 is 29.8 Å². The average Bonchev–Trinajstić information content (AvgIpc) is 3.47. The van der Waals surface area contributed by atoms with Crippen molar-refractivity contribution < 1.29 is 38.2 Å². The number of aryl methyl sites for hydroxylation is 1. The van der Waals surface area contributed by atoms with E-state index in [2.05, 4.69) is 10.6 Å². The number of amides is 3. The number of hydrogen-bond donors (Lipinski definition) is 2. The molecule has 2 aliphatic rings. The number of fused-ring (bicyclic) bond motifs is 1. The smallest absolute Gasteiger partial charge is 0.407 e. The zero-order valence-corrected chi connectivity index (χ0v) is 27.4. The number of ether oxygens (including phenoxy) is 3. The summed E-state index contributed by atoms with van der Waals surface area (Å²) in [7, 11) is 0. The van der Waals surface area contributed by atoms with Crippen molar-refractivity contribution in [2.24, 2.45) is 5.92 Å². The van der Waals surface area contributed by atoms with Gasteiger partial charge in [-0.2, -0.15) is 0 Å². The van der Waals surface area contributed by atoms with E-state index in [1.165, 1.54) is 0 Å². The molecule has 254 valence electrons. The van der Waals surface area contributed by atoms with Gasteiger partial charge in [0, 0.05) is 13.1 Å². The molecule has 5 atom stereocenters. The molecule has 0 bridgehead atoms. The summed E-state index contributed by atoms with van der Waals surface area (Å²) < 4.78 is 15.9. The highest BCUT2D eigenvalue weighted by molar-refractivity contribution is 5.89. The van der Waals surface area contributed by atoms with Crippen molar-refractivity contribution in [3.63, 3.8) is 0 Å². The molecule has 2 N–H and O–H groups in total. The van der Waals surface area contributed by atoms with Crippen molar-refractivity contribution in [2.75, 3.05) is 32.8 Å². The molecule has 4 rings (SSSR count). The molecule has 2 aromatic carbocycles. The molecule has 2 heterocycles. The maximum atomic E-state index is 14.1. The van der Waals surface area contributed by atoms with Crippen LogP contribution in [0.5, 0.6) is 0 Å². The lowest BCUT2D eigenvalue weighted by molar-refractivity contribution is -0.156. The van der Waals surface area contributed by atoms with E-state index in [1.54, 1.807) is 30.6 Å². The summed E-state index contributed by atoms with van der Waals surface area (Å²) in [6.07, 6.45) is 1.31. The Balaban J connectivity index is 1.41. The van der Waals surface area contributed by atoms with Gasteiger partial charge < -0.3 is 29.3 Å². The number of carbonyl (C=O) groups is 5. The third-order valence-corrected chi connectivity index (χ3v) is 8.66. The van der Waals surface area contributed by atoms with Gasteiger partial charge in [0.25, 0.3) is 0 Å². The highest BCUT2D eigenvalue weighted by Crippen LogP contribution is 2.37. The number of rotatable bonds is 14. The predicted molar refractivity (Wildman–Crippen MR) is 173 cm³/mol. The van der Waals surface area contributed by atoms with Gasteiger partial charge in [0.1, 0.15) is 25.2 Å². The summed E-state index contributed by atoms with van der Waals surface area (Å²) in [6, 6.07) is 16.1. The number of nitrogens with one attached hydrogen (secondary N) is 2. The number of esters is 2. The second-order valence-corrected chi connectivity index (χ2v) is 11.8. The topological polar surface area (TPSA) is 144 Å². The molecule has 0 spiro atoms. The molecule has 2 aromatic rings. The number of nitrogens with zero attached hydrogens (tertiary/aromatic N) is 2. The minimum absolute atomic E-state index is 0.0210. The Morgan fingerprint density at radius 2 is 1.55 bits per heavy atom. The largest absolute Gasteiger partial charge is 0.465 e. The number of benzene rings is 2. The van der Waals surface area contributed by atoms with Crippen LogP contribution in [-0.2, 0) is 46.4 Å². The van der Waals surface area contributed by atoms with E-state index in [-0.39, 0.29) is 50.6 Å². The molecule has 0 aromatic heterocycles. The van der Waals surface area contributed by atoms with Crippen LogP contribution in [0, 0.1) is 5.92 Å². The van der Waals surface area contributed by atoms with Crippen LogP contribution in [-0.4, -0.2) is 96.7 Å². The monoisotopic (exact) mass is 650 g/mol. The van der Waals surface area contributed by atoms with Crippen LogP contribution in [0.3, 0.4) is 0 Å². The number of likely N-dealkylation sites (tertiary alicyclic amines) is 2. The van der Waals surface area contributed by atoms with Gasteiger partial charge in [0.05, 0.1) is 25.3 Å². The second kappa shape index (κ2) is 17.5. The van der Waals surface area contributed by atoms with E-state index < -0.39 is 42.2 Å². The molecular formula is C35H46N4O8. The SMILES string of the molecule is CCOC(=O)[C@H](CCc1ccccc1)N[C@H](C)C(=O)N1[C@@H]2CN(C(=O)CNC(=O)OCc3ccccc3)CC[C@H]2C[C@H]1C(=O)OCC. The first-order valence-electron chi connectivity index (χ1n) is 16.4. The van der Waals surface area contributed by atoms with Gasteiger partial charge in [-0.3, -0.25) is 19.7 Å². The normalized spacial score (nSPS) is 20.0. The summed E-state index contributed by atoms with van der Waals surface area (Å²) in [5.74, 6) is -1.64. The zero-order valence-electron chi connectivity index (χ0n) is 27.4. The predicted octanol–water partition coefficient (Wildman–Crippen LogP) is 2.84. The van der Waals surface area contributed by atoms with Crippen molar-refractivity contribution in [3.8, 4) is 0 Å². The Morgan fingerprint density at radius 3 is 2.21 bits per heavy atom. The third-order valence-electron chi connectivity index (χ3n) is 8.66. The molecule has 0 radical (unpaired) electrons. The van der Waals surface area contributed by atoms with E-state index in [0.717, 1.165) is 11.1 Å². The maximum absolute atomic E-state index is 14.1. The summed E-state index contributed by atoms with van der Waals surface area (Å²) in [4.78, 5) is 68.7. The standard InChI is InChI=1S/C35H46N4O8/c1-4-45-33(42)28(17-16-25-12-8-6-9-13-25)37-24(3)32(41)39-29(34(43)46-5-2)20-27-18-19-38(22-30(27)39)31(40)21-36-35(44)47-23-26-14-10-7-11-15-26/h6-15,24,27-30,37H,4-5,16-23H2,1-3H3,(H,36,44)/t24-,27+,28+,29+,30-/m1/s1. The Morgan fingerprint density at radius 1 is 0.894 bits per heavy atom. The van der Waals surface area contributed by atoms with Crippen molar-refractivity contribution in [1.82, 2.24) is 20.4 Å². The highest BCUT2D eigenvalue weighted by atomic mass is 16.5. The van der Waals surface area contributed by atoms with Crippen LogP contribution in [0.1, 0.15) is 51.2 Å². The molecule has 2 fully saturated rings. The molecule has 12 nitrogen and oxygen atoms in total. The fraction of sp³-hybridized carbons (Fsp3) is 0.514. The first kappa shape index (κ1) is 35.4. The second-order valence-electron chi connectivity index (χ2n) is 11.8. The molecule has 3 amide bonds. The minimum atomic E-state index is -0.831. The van der Waals surface area contributed by atoms with E-state index in [4.69, 9.17) is 14.2 Å². The van der Waals surface area contributed by atoms with Gasteiger partial charge in [-0.15, -0.1) is 0 Å². The van der Waals surface area contributed by atoms with Crippen LogP contribution < -0.4 is 10.6 Å². The molecular weight excluding hydrogens is 604 g/mol. The third kappa shape index (κ3) is 9.77. The number of piperidine rings is 1. The van der Waals surface area contributed by atoms with E-state index in [1.807, 2.05) is 60.7 Å². The summed E-state index contributed by atoms with van der Waals surface area (Å²) in [6.45, 7) is 5.93. The molecule has 12 heteroatoms. The van der Waals surface area contributed by atoms with E-state index in [0.29, 0.717) is 32.2 Å². The number of carbonyl (C=O) groups excluding carboxylic acids is 5. The first-order chi connectivity index (χ1) is 22.7. The lowest BCUT2D eigenvalue weighted by Crippen LogP contribution is -2.59. The van der Waals surface area contributed by atoms with Crippen molar-refractivity contribution in [2.45, 2.75) is 77.2 Å². The van der Waals surface area contributed by atoms with Gasteiger partial charge in [-0.05, 0) is 63.5 Å². The first-order valence-corrected chi connectivity index (χ1v) is 16.4. The van der Waals surface area contributed by atoms with Crippen LogP contribution in [0.2, 0.25) is 0 Å². The number of alkyl carbamates (subject to hydrolysis) is 1. The molecule has 2 aliphatic heterocycles. The summed E-state index contributed by atoms with van der Waals surface area (Å²) in [5.41, 5.74) is 1.88. The molecule has 0 aliphatic carbocycles. The minimum Gasteiger partial charge on any atom is -0.465 e. The fourth-order valence-corrected chi connectivity index (χ4v) is 6.29. The van der Waals surface area contributed by atoms with Crippen LogP contribution in [0.4, 0.5) is 4.79 Å². The molecule has 0 saturated carbocycles. The fourth-order valence-electron chi connectivity index (χ4n) is 6.29. The van der Waals surface area contributed by atoms with Gasteiger partial charge in [0.2, 0.25) is 11.8 Å². The Hall–Kier alpha value is -4.45. The van der Waals surface area contributed by atoms with E-state index in [9.17, 15) is 24.0 Å². The lowest BCUT2D eigenvalue weighted by Gasteiger charge is -2.40. The number of hydrogen-bond acceptors (Lipinski definition) is 9. The average molecular weight is 651 g/mol. The molecule has 0 unspecified atom stereocenters. The van der Waals surface area contributed by atoms with E-state index >= 15 is 0 Å². The Labute approximate surface area is 276 Å². The zero-order chi connectivity index (χ0) is 33.8. The Bertz CT molecular complexity index is 1360. The van der Waals surface area contributed by atoms with Gasteiger partial charge >= 0.3 is 18.0 Å². The van der Waals surface area contributed by atoms with Crippen molar-refractivity contribution in [1.29, 1.82) is 0 Å². The summed E-state index contributed by atoms with van der Waals surface area (Å²) >= 11 is 0. The van der Waals surface area contributed by atoms with Gasteiger partial charge in [-0.1, -0.05) is 60.7 Å². The highest BCUT2D eigenvalue weighted by Gasteiger charge is 2.51. The van der Waals surface area contributed by atoms with Crippen LogP contribution >= 0.6 is 0 Å². The van der Waals surface area contributed by atoms with Gasteiger partial charge in [0.15, 0.2) is 0 Å². The molecule has 2 saturated heterocycles. The molecule has 47 heavy (non-hydrogen) atoms. The maximum Gasteiger partial charge on any atom is 0.407 e. The quantitative estimate of drug-likeness (QED) is 0.233. The van der Waals surface area contributed by atoms with Crippen LogP contribution in [0.15, 0.2) is 60.7 Å². The van der Waals surface area contributed by atoms with Crippen molar-refractivity contribution in [3.05, 3.63) is 71.8 Å².